The third kappa shape index (κ3) is 4.79. The summed E-state index contributed by atoms with van der Waals surface area (Å²) in [5.41, 5.74) is 1.47. The lowest BCUT2D eigenvalue weighted by Gasteiger charge is -2.12. The first-order chi connectivity index (χ1) is 12.1. The van der Waals surface area contributed by atoms with Crippen molar-refractivity contribution in [1.82, 2.24) is 0 Å². The lowest BCUT2D eigenvalue weighted by Crippen LogP contribution is -2.14. The first-order valence-corrected chi connectivity index (χ1v) is 7.92. The number of ether oxygens (including phenoxy) is 4. The van der Waals surface area contributed by atoms with Gasteiger partial charge in [-0.1, -0.05) is 6.07 Å². The van der Waals surface area contributed by atoms with Crippen molar-refractivity contribution < 1.29 is 23.7 Å². The molecule has 2 aromatic rings. The summed E-state index contributed by atoms with van der Waals surface area (Å²) in [7, 11) is 4.70. The zero-order valence-corrected chi connectivity index (χ0v) is 14.9. The minimum Gasteiger partial charge on any atom is -0.493 e. The molecular weight excluding hydrogens is 322 g/mol. The van der Waals surface area contributed by atoms with Gasteiger partial charge in [-0.3, -0.25) is 4.79 Å². The molecule has 0 saturated carbocycles. The van der Waals surface area contributed by atoms with Crippen molar-refractivity contribution in [1.29, 1.82) is 0 Å². The maximum Gasteiger partial charge on any atom is 0.228 e. The van der Waals surface area contributed by atoms with Gasteiger partial charge in [-0.15, -0.1) is 0 Å². The first-order valence-electron chi connectivity index (χ1n) is 7.92. The molecule has 0 radical (unpaired) electrons. The quantitative estimate of drug-likeness (QED) is 0.795. The van der Waals surface area contributed by atoms with Gasteiger partial charge in [0.25, 0.3) is 0 Å². The number of methoxy groups -OCH3 is 3. The number of carbonyl (C=O) groups is 1. The number of carbonyl (C=O) groups excluding carboxylic acids is 1. The van der Waals surface area contributed by atoms with Gasteiger partial charge < -0.3 is 24.3 Å². The van der Waals surface area contributed by atoms with Crippen LogP contribution in [-0.2, 0) is 11.2 Å². The van der Waals surface area contributed by atoms with Crippen LogP contribution in [0.1, 0.15) is 12.5 Å². The summed E-state index contributed by atoms with van der Waals surface area (Å²) in [5.74, 6) is 2.30. The standard InChI is InChI=1S/C19H23NO5/c1-5-25-16-9-7-14(12-18(16)24-4)20-19(21)11-13-6-8-15(22-2)17(10-13)23-3/h6-10,12H,5,11H2,1-4H3,(H,20,21). The molecule has 2 aromatic carbocycles. The topological polar surface area (TPSA) is 66.0 Å². The minimum atomic E-state index is -0.140. The van der Waals surface area contributed by atoms with E-state index < -0.39 is 0 Å². The highest BCUT2D eigenvalue weighted by Gasteiger charge is 2.10. The molecule has 0 aliphatic carbocycles. The molecule has 0 bridgehead atoms. The molecule has 0 aliphatic rings. The summed E-state index contributed by atoms with van der Waals surface area (Å²) in [4.78, 5) is 12.3. The summed E-state index contributed by atoms with van der Waals surface area (Å²) in [6.45, 7) is 2.44. The predicted octanol–water partition coefficient (Wildman–Crippen LogP) is 3.29. The van der Waals surface area contributed by atoms with Crippen LogP contribution in [0, 0.1) is 0 Å². The first kappa shape index (κ1) is 18.4. The van der Waals surface area contributed by atoms with E-state index in [9.17, 15) is 4.79 Å². The van der Waals surface area contributed by atoms with E-state index in [0.29, 0.717) is 35.3 Å². The van der Waals surface area contributed by atoms with Crippen molar-refractivity contribution in [2.24, 2.45) is 0 Å². The number of hydrogen-bond acceptors (Lipinski definition) is 5. The summed E-state index contributed by atoms with van der Waals surface area (Å²) in [6.07, 6.45) is 0.218. The number of nitrogens with one attached hydrogen (secondary N) is 1. The van der Waals surface area contributed by atoms with Crippen molar-refractivity contribution in [3.8, 4) is 23.0 Å². The molecule has 1 amide bonds. The van der Waals surface area contributed by atoms with Gasteiger partial charge in [0.2, 0.25) is 5.91 Å². The van der Waals surface area contributed by atoms with Crippen molar-refractivity contribution in [2.45, 2.75) is 13.3 Å². The molecule has 0 spiro atoms. The molecule has 6 heteroatoms. The van der Waals surface area contributed by atoms with Crippen LogP contribution in [0.25, 0.3) is 0 Å². The maximum absolute atomic E-state index is 12.3. The molecular formula is C19H23NO5. The van der Waals surface area contributed by atoms with E-state index in [1.807, 2.05) is 13.0 Å². The van der Waals surface area contributed by atoms with Crippen LogP contribution in [0.15, 0.2) is 36.4 Å². The van der Waals surface area contributed by atoms with Crippen molar-refractivity contribution >= 4 is 11.6 Å². The largest absolute Gasteiger partial charge is 0.493 e. The number of rotatable bonds is 8. The number of amides is 1. The van der Waals surface area contributed by atoms with E-state index in [2.05, 4.69) is 5.32 Å². The van der Waals surface area contributed by atoms with Gasteiger partial charge in [0.1, 0.15) is 0 Å². The SMILES string of the molecule is CCOc1ccc(NC(=O)Cc2ccc(OC)c(OC)c2)cc1OC. The Morgan fingerprint density at radius 2 is 1.52 bits per heavy atom. The van der Waals surface area contributed by atoms with E-state index in [1.165, 1.54) is 0 Å². The minimum absolute atomic E-state index is 0.140. The monoisotopic (exact) mass is 345 g/mol. The average Bonchev–Trinajstić information content (AvgIpc) is 2.62. The molecule has 25 heavy (non-hydrogen) atoms. The highest BCUT2D eigenvalue weighted by atomic mass is 16.5. The van der Waals surface area contributed by atoms with Crippen LogP contribution >= 0.6 is 0 Å². The summed E-state index contributed by atoms with van der Waals surface area (Å²) in [6, 6.07) is 10.7. The molecule has 0 unspecified atom stereocenters. The fraction of sp³-hybridized carbons (Fsp3) is 0.316. The Morgan fingerprint density at radius 1 is 0.880 bits per heavy atom. The van der Waals surface area contributed by atoms with Gasteiger partial charge >= 0.3 is 0 Å². The van der Waals surface area contributed by atoms with Gasteiger partial charge in [-0.05, 0) is 36.8 Å². The Hall–Kier alpha value is -2.89. The molecule has 1 N–H and O–H groups in total. The Labute approximate surface area is 147 Å². The molecule has 2 rings (SSSR count). The average molecular weight is 345 g/mol. The van der Waals surface area contributed by atoms with E-state index in [4.69, 9.17) is 18.9 Å². The summed E-state index contributed by atoms with van der Waals surface area (Å²) >= 11 is 0. The fourth-order valence-corrected chi connectivity index (χ4v) is 2.40. The number of anilines is 1. The molecule has 134 valence electrons. The zero-order valence-electron chi connectivity index (χ0n) is 14.9. The highest BCUT2D eigenvalue weighted by Crippen LogP contribution is 2.30. The fourth-order valence-electron chi connectivity index (χ4n) is 2.40. The smallest absolute Gasteiger partial charge is 0.228 e. The van der Waals surface area contributed by atoms with Gasteiger partial charge in [-0.25, -0.2) is 0 Å². The van der Waals surface area contributed by atoms with E-state index >= 15 is 0 Å². The number of hydrogen-bond donors (Lipinski definition) is 1. The van der Waals surface area contributed by atoms with Crippen molar-refractivity contribution in [3.63, 3.8) is 0 Å². The lowest BCUT2D eigenvalue weighted by atomic mass is 10.1. The Bertz CT molecular complexity index is 730. The molecule has 0 atom stereocenters. The van der Waals surface area contributed by atoms with Crippen LogP contribution < -0.4 is 24.3 Å². The van der Waals surface area contributed by atoms with Crippen LogP contribution in [0.5, 0.6) is 23.0 Å². The second kappa shape index (κ2) is 8.82. The summed E-state index contributed by atoms with van der Waals surface area (Å²) < 4.78 is 21.2. The van der Waals surface area contributed by atoms with E-state index in [1.54, 1.807) is 51.7 Å². The summed E-state index contributed by atoms with van der Waals surface area (Å²) in [5, 5.41) is 2.85. The molecule has 0 aliphatic heterocycles. The second-order valence-electron chi connectivity index (χ2n) is 5.21. The van der Waals surface area contributed by atoms with Crippen molar-refractivity contribution in [3.05, 3.63) is 42.0 Å². The molecule has 0 aromatic heterocycles. The lowest BCUT2D eigenvalue weighted by molar-refractivity contribution is -0.115. The number of benzene rings is 2. The molecule has 0 saturated heterocycles. The third-order valence-electron chi connectivity index (χ3n) is 3.56. The van der Waals surface area contributed by atoms with E-state index in [-0.39, 0.29) is 12.3 Å². The van der Waals surface area contributed by atoms with Crippen LogP contribution in [-0.4, -0.2) is 33.8 Å². The van der Waals surface area contributed by atoms with Crippen LogP contribution in [0.2, 0.25) is 0 Å². The predicted molar refractivity (Wildman–Crippen MR) is 96.0 cm³/mol. The molecule has 6 nitrogen and oxygen atoms in total. The normalized spacial score (nSPS) is 10.1. The van der Waals surface area contributed by atoms with Gasteiger partial charge in [0.05, 0.1) is 34.4 Å². The molecule has 0 heterocycles. The van der Waals surface area contributed by atoms with Crippen molar-refractivity contribution in [2.75, 3.05) is 33.3 Å². The molecule has 0 fully saturated rings. The highest BCUT2D eigenvalue weighted by molar-refractivity contribution is 5.92. The van der Waals surface area contributed by atoms with Gasteiger partial charge in [-0.2, -0.15) is 0 Å². The Balaban J connectivity index is 2.07. The zero-order chi connectivity index (χ0) is 18.2. The van der Waals surface area contributed by atoms with E-state index in [0.717, 1.165) is 5.56 Å². The van der Waals surface area contributed by atoms with Crippen LogP contribution in [0.4, 0.5) is 5.69 Å². The third-order valence-corrected chi connectivity index (χ3v) is 3.56. The van der Waals surface area contributed by atoms with Crippen LogP contribution in [0.3, 0.4) is 0 Å². The Morgan fingerprint density at radius 3 is 2.16 bits per heavy atom. The van der Waals surface area contributed by atoms with Gasteiger partial charge in [0.15, 0.2) is 23.0 Å². The Kier molecular flexibility index (Phi) is 6.51. The van der Waals surface area contributed by atoms with Gasteiger partial charge in [0, 0.05) is 11.8 Å². The second-order valence-corrected chi connectivity index (χ2v) is 5.21. The maximum atomic E-state index is 12.3.